The molecule has 0 fully saturated rings. The predicted octanol–water partition coefficient (Wildman–Crippen LogP) is 3.09. The van der Waals surface area contributed by atoms with Gasteiger partial charge in [0.25, 0.3) is 0 Å². The summed E-state index contributed by atoms with van der Waals surface area (Å²) in [4.78, 5) is 11.1. The third-order valence-corrected chi connectivity index (χ3v) is 2.28. The van der Waals surface area contributed by atoms with Gasteiger partial charge in [0.2, 0.25) is 3.79 Å². The first-order chi connectivity index (χ1) is 6.47. The molecule has 3 nitrogen and oxygen atoms in total. The molecule has 6 heteroatoms. The molecule has 0 spiro atoms. The Kier molecular flexibility index (Phi) is 2.33. The predicted molar refractivity (Wildman–Crippen MR) is 57.9 cm³/mol. The van der Waals surface area contributed by atoms with Crippen molar-refractivity contribution in [3.63, 3.8) is 0 Å². The highest BCUT2D eigenvalue weighted by Gasteiger charge is 2.27. The lowest BCUT2D eigenvalue weighted by Gasteiger charge is -2.04. The van der Waals surface area contributed by atoms with Crippen LogP contribution < -0.4 is 0 Å². The van der Waals surface area contributed by atoms with Gasteiger partial charge in [0.1, 0.15) is 0 Å². The lowest BCUT2D eigenvalue weighted by molar-refractivity contribution is 1.04. The number of nitrogens with one attached hydrogen (secondary N) is 1. The number of H-pyrrole nitrogens is 1. The molecule has 2 aromatic rings. The summed E-state index contributed by atoms with van der Waals surface area (Å²) in [5, 5.41) is 0. The van der Waals surface area contributed by atoms with Gasteiger partial charge in [-0.15, -0.1) is 0 Å². The zero-order chi connectivity index (χ0) is 10.3. The monoisotopic (exact) mass is 249 g/mol. The minimum Gasteiger partial charge on any atom is -0.337 e. The molecule has 0 saturated heterocycles. The van der Waals surface area contributed by atoms with E-state index in [1.54, 1.807) is 6.20 Å². The lowest BCUT2D eigenvalue weighted by Crippen LogP contribution is -2.02. The molecule has 2 aromatic heterocycles. The van der Waals surface area contributed by atoms with Crippen LogP contribution in [0.15, 0.2) is 12.3 Å². The fourth-order valence-corrected chi connectivity index (χ4v) is 1.41. The number of fused-ring (bicyclic) bond motifs is 1. The molecule has 0 unspecified atom stereocenters. The Hall–Kier alpha value is -0.510. The molecule has 14 heavy (non-hydrogen) atoms. The third kappa shape index (κ3) is 1.80. The molecule has 0 aromatic carbocycles. The number of halogens is 3. The van der Waals surface area contributed by atoms with Crippen molar-refractivity contribution in [1.82, 2.24) is 15.0 Å². The van der Waals surface area contributed by atoms with Crippen molar-refractivity contribution >= 4 is 46.0 Å². The minimum absolute atomic E-state index is 0.288. The Morgan fingerprint density at radius 3 is 2.71 bits per heavy atom. The van der Waals surface area contributed by atoms with Gasteiger partial charge in [0, 0.05) is 6.20 Å². The molecule has 2 rings (SSSR count). The van der Waals surface area contributed by atoms with E-state index in [2.05, 4.69) is 15.0 Å². The fourth-order valence-electron chi connectivity index (χ4n) is 1.14. The Balaban J connectivity index is 2.63. The van der Waals surface area contributed by atoms with Crippen molar-refractivity contribution < 1.29 is 0 Å². The maximum atomic E-state index is 5.68. The summed E-state index contributed by atoms with van der Waals surface area (Å²) in [5.74, 6) is 0.288. The van der Waals surface area contributed by atoms with Crippen LogP contribution in [0.4, 0.5) is 0 Å². The van der Waals surface area contributed by atoms with Crippen molar-refractivity contribution in [2.24, 2.45) is 0 Å². The Morgan fingerprint density at radius 1 is 1.36 bits per heavy atom. The van der Waals surface area contributed by atoms with E-state index in [9.17, 15) is 0 Å². The minimum atomic E-state index is -1.53. The van der Waals surface area contributed by atoms with Gasteiger partial charge >= 0.3 is 0 Å². The third-order valence-electron chi connectivity index (χ3n) is 1.74. The van der Waals surface area contributed by atoms with Crippen LogP contribution in [-0.4, -0.2) is 15.0 Å². The van der Waals surface area contributed by atoms with Crippen molar-refractivity contribution in [3.8, 4) is 0 Å². The van der Waals surface area contributed by atoms with E-state index in [1.165, 1.54) is 0 Å². The van der Waals surface area contributed by atoms with Gasteiger partial charge in [-0.2, -0.15) is 0 Å². The fraction of sp³-hybridized carbons (Fsp3) is 0.250. The molecular formula is C8H6Cl3N3. The first-order valence-corrected chi connectivity index (χ1v) is 5.00. The van der Waals surface area contributed by atoms with Crippen LogP contribution >= 0.6 is 34.8 Å². The number of imidazole rings is 1. The largest absolute Gasteiger partial charge is 0.337 e. The van der Waals surface area contributed by atoms with E-state index in [-0.39, 0.29) is 5.82 Å². The molecule has 0 amide bonds. The first kappa shape index (κ1) is 10.0. The number of aryl methyl sites for hydroxylation is 1. The Labute approximate surface area is 95.4 Å². The van der Waals surface area contributed by atoms with E-state index in [1.807, 2.05) is 13.0 Å². The number of hydrogen-bond donors (Lipinski definition) is 1. The number of rotatable bonds is 0. The molecule has 0 atom stereocenters. The normalized spacial score (nSPS) is 12.3. The highest BCUT2D eigenvalue weighted by atomic mass is 35.6. The van der Waals surface area contributed by atoms with Gasteiger partial charge in [0.05, 0.1) is 5.52 Å². The SMILES string of the molecule is Cc1cnc2nc(C(Cl)(Cl)Cl)[nH]c2c1. The Morgan fingerprint density at radius 2 is 2.07 bits per heavy atom. The van der Waals surface area contributed by atoms with E-state index in [0.717, 1.165) is 11.1 Å². The molecule has 0 radical (unpaired) electrons. The highest BCUT2D eigenvalue weighted by molar-refractivity contribution is 6.66. The van der Waals surface area contributed by atoms with Crippen molar-refractivity contribution in [3.05, 3.63) is 23.7 Å². The molecule has 0 bridgehead atoms. The second-order valence-corrected chi connectivity index (χ2v) is 5.25. The average Bonchev–Trinajstić information content (AvgIpc) is 2.45. The summed E-state index contributed by atoms with van der Waals surface area (Å²) in [6, 6.07) is 1.90. The molecule has 0 aliphatic carbocycles. The van der Waals surface area contributed by atoms with Gasteiger partial charge in [-0.1, -0.05) is 34.8 Å². The average molecular weight is 251 g/mol. The number of aromatic amines is 1. The van der Waals surface area contributed by atoms with Crippen LogP contribution in [0.1, 0.15) is 11.4 Å². The summed E-state index contributed by atoms with van der Waals surface area (Å²) < 4.78 is -1.53. The van der Waals surface area contributed by atoms with Crippen LogP contribution in [0, 0.1) is 6.92 Å². The molecular weight excluding hydrogens is 244 g/mol. The molecule has 0 aliphatic rings. The maximum Gasteiger partial charge on any atom is 0.248 e. The Bertz CT molecular complexity index is 472. The van der Waals surface area contributed by atoms with Crippen molar-refractivity contribution in [1.29, 1.82) is 0 Å². The summed E-state index contributed by atoms with van der Waals surface area (Å²) in [6.45, 7) is 1.93. The highest BCUT2D eigenvalue weighted by Crippen LogP contribution is 2.36. The summed E-state index contributed by atoms with van der Waals surface area (Å²) in [6.07, 6.45) is 1.71. The number of nitrogens with zero attached hydrogens (tertiary/aromatic N) is 2. The standard InChI is InChI=1S/C8H6Cl3N3/c1-4-2-5-6(12-3-4)14-7(13-5)8(9,10)11/h2-3H,1H3,(H,12,13,14). The molecule has 0 saturated carbocycles. The summed E-state index contributed by atoms with van der Waals surface area (Å²) in [7, 11) is 0. The zero-order valence-corrected chi connectivity index (χ0v) is 9.45. The van der Waals surface area contributed by atoms with Gasteiger partial charge in [-0.3, -0.25) is 0 Å². The van der Waals surface area contributed by atoms with E-state index in [4.69, 9.17) is 34.8 Å². The van der Waals surface area contributed by atoms with Crippen molar-refractivity contribution in [2.45, 2.75) is 10.7 Å². The number of aromatic nitrogens is 3. The van der Waals surface area contributed by atoms with Crippen LogP contribution in [0.3, 0.4) is 0 Å². The molecule has 0 aliphatic heterocycles. The lowest BCUT2D eigenvalue weighted by atomic mass is 10.3. The first-order valence-electron chi connectivity index (χ1n) is 3.86. The van der Waals surface area contributed by atoms with Gasteiger partial charge < -0.3 is 4.98 Å². The van der Waals surface area contributed by atoms with E-state index < -0.39 is 3.79 Å². The van der Waals surface area contributed by atoms with Gasteiger partial charge in [-0.05, 0) is 18.6 Å². The van der Waals surface area contributed by atoms with Crippen molar-refractivity contribution in [2.75, 3.05) is 0 Å². The second-order valence-electron chi connectivity index (χ2n) is 2.97. The second kappa shape index (κ2) is 3.26. The zero-order valence-electron chi connectivity index (χ0n) is 7.18. The van der Waals surface area contributed by atoms with Crippen LogP contribution in [0.5, 0.6) is 0 Å². The summed E-state index contributed by atoms with van der Waals surface area (Å²) in [5.41, 5.74) is 2.35. The molecule has 2 heterocycles. The number of hydrogen-bond acceptors (Lipinski definition) is 2. The topological polar surface area (TPSA) is 41.6 Å². The van der Waals surface area contributed by atoms with Gasteiger partial charge in [0.15, 0.2) is 11.5 Å². The smallest absolute Gasteiger partial charge is 0.248 e. The molecule has 1 N–H and O–H groups in total. The van der Waals surface area contributed by atoms with Crippen LogP contribution in [0.25, 0.3) is 11.2 Å². The number of alkyl halides is 3. The quantitative estimate of drug-likeness (QED) is 0.730. The van der Waals surface area contributed by atoms with E-state index in [0.29, 0.717) is 5.65 Å². The maximum absolute atomic E-state index is 5.68. The van der Waals surface area contributed by atoms with Crippen LogP contribution in [-0.2, 0) is 3.79 Å². The van der Waals surface area contributed by atoms with Gasteiger partial charge in [-0.25, -0.2) is 9.97 Å². The number of pyridine rings is 1. The van der Waals surface area contributed by atoms with Crippen LogP contribution in [0.2, 0.25) is 0 Å². The van der Waals surface area contributed by atoms with E-state index >= 15 is 0 Å². The summed E-state index contributed by atoms with van der Waals surface area (Å²) >= 11 is 17.0. The molecule has 74 valence electrons.